The molecule has 0 aliphatic heterocycles. The minimum Gasteiger partial charge on any atom is -0.436 e. The van der Waals surface area contributed by atoms with Gasteiger partial charge >= 0.3 is 0 Å². The van der Waals surface area contributed by atoms with Crippen LogP contribution in [0.1, 0.15) is 11.1 Å². The van der Waals surface area contributed by atoms with Crippen LogP contribution >= 0.6 is 11.6 Å². The summed E-state index contributed by atoms with van der Waals surface area (Å²) in [5.41, 5.74) is 10.1. The highest BCUT2D eigenvalue weighted by Crippen LogP contribution is 2.29. The molecule has 2 N–H and O–H groups in total. The number of hydrogen-bond acceptors (Lipinski definition) is 4. The highest BCUT2D eigenvalue weighted by atomic mass is 35.5. The molecule has 0 bridgehead atoms. The van der Waals surface area contributed by atoms with Crippen LogP contribution < -0.4 is 10.5 Å². The van der Waals surface area contributed by atoms with Crippen molar-refractivity contribution in [3.8, 4) is 11.6 Å². The molecule has 2 aromatic carbocycles. The predicted octanol–water partition coefficient (Wildman–Crippen LogP) is 4.27. The third kappa shape index (κ3) is 2.76. The molecule has 0 amide bonds. The number of hydrogen-bond donors (Lipinski definition) is 1. The largest absolute Gasteiger partial charge is 0.436 e. The predicted molar refractivity (Wildman–Crippen MR) is 85.0 cm³/mol. The SMILES string of the molecule is Cc1cc2nc(Cl)c(Oc3ccc(N)cc3)nc2cc1C. The van der Waals surface area contributed by atoms with Crippen LogP contribution in [-0.2, 0) is 0 Å². The van der Waals surface area contributed by atoms with Crippen molar-refractivity contribution in [1.29, 1.82) is 0 Å². The average Bonchev–Trinajstić information content (AvgIpc) is 2.44. The topological polar surface area (TPSA) is 61.0 Å². The molecule has 0 radical (unpaired) electrons. The van der Waals surface area contributed by atoms with Crippen LogP contribution in [0.15, 0.2) is 36.4 Å². The summed E-state index contributed by atoms with van der Waals surface area (Å²) in [5, 5.41) is 0.238. The van der Waals surface area contributed by atoms with Crippen LogP contribution in [-0.4, -0.2) is 9.97 Å². The van der Waals surface area contributed by atoms with Gasteiger partial charge in [0.2, 0.25) is 0 Å². The Morgan fingerprint density at radius 1 is 0.952 bits per heavy atom. The standard InChI is InChI=1S/C16H14ClN3O/c1-9-7-13-14(8-10(9)2)20-16(15(17)19-13)21-12-5-3-11(18)4-6-12/h3-8H,18H2,1-2H3. The molecule has 0 aliphatic carbocycles. The maximum atomic E-state index is 6.15. The summed E-state index contributed by atoms with van der Waals surface area (Å²) in [7, 11) is 0. The molecule has 3 aromatic rings. The number of aryl methyl sites for hydroxylation is 2. The van der Waals surface area contributed by atoms with Crippen LogP contribution in [0.3, 0.4) is 0 Å². The van der Waals surface area contributed by atoms with E-state index in [1.165, 1.54) is 0 Å². The number of rotatable bonds is 2. The Kier molecular flexibility index (Phi) is 3.39. The lowest BCUT2D eigenvalue weighted by Gasteiger charge is -2.09. The lowest BCUT2D eigenvalue weighted by molar-refractivity contribution is 0.463. The van der Waals surface area contributed by atoms with Gasteiger partial charge in [0.25, 0.3) is 5.88 Å². The van der Waals surface area contributed by atoms with E-state index < -0.39 is 0 Å². The lowest BCUT2D eigenvalue weighted by Crippen LogP contribution is -1.95. The van der Waals surface area contributed by atoms with Crippen molar-refractivity contribution in [2.75, 3.05) is 5.73 Å². The van der Waals surface area contributed by atoms with Gasteiger partial charge in [0.05, 0.1) is 11.0 Å². The molecule has 0 atom stereocenters. The van der Waals surface area contributed by atoms with Gasteiger partial charge in [-0.05, 0) is 61.4 Å². The number of nitrogens with two attached hydrogens (primary N) is 1. The maximum absolute atomic E-state index is 6.15. The summed E-state index contributed by atoms with van der Waals surface area (Å²) in [6.45, 7) is 4.06. The molecule has 3 rings (SSSR count). The molecule has 4 nitrogen and oxygen atoms in total. The van der Waals surface area contributed by atoms with Crippen molar-refractivity contribution in [1.82, 2.24) is 9.97 Å². The Labute approximate surface area is 127 Å². The summed E-state index contributed by atoms with van der Waals surface area (Å²) in [5.74, 6) is 0.903. The number of anilines is 1. The Morgan fingerprint density at radius 3 is 2.14 bits per heavy atom. The number of ether oxygens (including phenoxy) is 1. The minimum absolute atomic E-state index is 0.238. The molecule has 0 unspecified atom stereocenters. The first-order valence-corrected chi connectivity index (χ1v) is 6.88. The van der Waals surface area contributed by atoms with Gasteiger partial charge in [0.1, 0.15) is 5.75 Å². The van der Waals surface area contributed by atoms with E-state index in [0.29, 0.717) is 11.4 Å². The molecule has 1 aromatic heterocycles. The summed E-state index contributed by atoms with van der Waals surface area (Å²) in [6.07, 6.45) is 0. The number of benzene rings is 2. The zero-order valence-electron chi connectivity index (χ0n) is 11.7. The molecule has 0 saturated carbocycles. The summed E-state index contributed by atoms with van der Waals surface area (Å²) >= 11 is 6.15. The van der Waals surface area contributed by atoms with Crippen LogP contribution in [0.4, 0.5) is 5.69 Å². The zero-order valence-corrected chi connectivity index (χ0v) is 12.5. The fourth-order valence-electron chi connectivity index (χ4n) is 1.99. The molecule has 5 heteroatoms. The fraction of sp³-hybridized carbons (Fsp3) is 0.125. The Hall–Kier alpha value is -2.33. The van der Waals surface area contributed by atoms with Gasteiger partial charge < -0.3 is 10.5 Å². The van der Waals surface area contributed by atoms with E-state index in [9.17, 15) is 0 Å². The monoisotopic (exact) mass is 299 g/mol. The Morgan fingerprint density at radius 2 is 1.52 bits per heavy atom. The third-order valence-electron chi connectivity index (χ3n) is 3.30. The van der Waals surface area contributed by atoms with Crippen molar-refractivity contribution in [2.24, 2.45) is 0 Å². The molecule has 0 fully saturated rings. The van der Waals surface area contributed by atoms with E-state index in [4.69, 9.17) is 22.1 Å². The van der Waals surface area contributed by atoms with Crippen LogP contribution in [0.5, 0.6) is 11.6 Å². The smallest absolute Gasteiger partial charge is 0.258 e. The van der Waals surface area contributed by atoms with Gasteiger partial charge in [-0.25, -0.2) is 9.97 Å². The zero-order chi connectivity index (χ0) is 15.0. The number of aromatic nitrogens is 2. The van der Waals surface area contributed by atoms with E-state index in [2.05, 4.69) is 9.97 Å². The van der Waals surface area contributed by atoms with Crippen molar-refractivity contribution in [3.05, 3.63) is 52.7 Å². The van der Waals surface area contributed by atoms with Gasteiger partial charge in [0.15, 0.2) is 5.15 Å². The quantitative estimate of drug-likeness (QED) is 0.718. The molecule has 0 spiro atoms. The minimum atomic E-state index is 0.238. The van der Waals surface area contributed by atoms with E-state index in [0.717, 1.165) is 22.2 Å². The van der Waals surface area contributed by atoms with Crippen molar-refractivity contribution in [2.45, 2.75) is 13.8 Å². The summed E-state index contributed by atoms with van der Waals surface area (Å²) in [6, 6.07) is 11.0. The third-order valence-corrected chi connectivity index (χ3v) is 3.55. The average molecular weight is 300 g/mol. The van der Waals surface area contributed by atoms with Gasteiger partial charge in [0, 0.05) is 5.69 Å². The van der Waals surface area contributed by atoms with E-state index in [-0.39, 0.29) is 11.0 Å². The highest BCUT2D eigenvalue weighted by Gasteiger charge is 2.10. The van der Waals surface area contributed by atoms with Crippen LogP contribution in [0, 0.1) is 13.8 Å². The van der Waals surface area contributed by atoms with Crippen LogP contribution in [0.2, 0.25) is 5.15 Å². The van der Waals surface area contributed by atoms with E-state index >= 15 is 0 Å². The molecule has 106 valence electrons. The van der Waals surface area contributed by atoms with Gasteiger partial charge in [-0.2, -0.15) is 0 Å². The van der Waals surface area contributed by atoms with Gasteiger partial charge in [-0.3, -0.25) is 0 Å². The number of fused-ring (bicyclic) bond motifs is 1. The van der Waals surface area contributed by atoms with Gasteiger partial charge in [-0.15, -0.1) is 0 Å². The molecule has 0 aliphatic rings. The maximum Gasteiger partial charge on any atom is 0.258 e. The van der Waals surface area contributed by atoms with E-state index in [1.54, 1.807) is 24.3 Å². The van der Waals surface area contributed by atoms with Gasteiger partial charge in [-0.1, -0.05) is 11.6 Å². The normalized spacial score (nSPS) is 10.8. The lowest BCUT2D eigenvalue weighted by atomic mass is 10.1. The highest BCUT2D eigenvalue weighted by molar-refractivity contribution is 6.31. The summed E-state index contributed by atoms with van der Waals surface area (Å²) in [4.78, 5) is 8.79. The number of halogens is 1. The van der Waals surface area contributed by atoms with Crippen molar-refractivity contribution >= 4 is 28.3 Å². The second-order valence-electron chi connectivity index (χ2n) is 4.92. The van der Waals surface area contributed by atoms with Crippen LogP contribution in [0.25, 0.3) is 11.0 Å². The molecule has 21 heavy (non-hydrogen) atoms. The first kappa shape index (κ1) is 13.6. The second-order valence-corrected chi connectivity index (χ2v) is 5.27. The first-order chi connectivity index (χ1) is 10.0. The first-order valence-electron chi connectivity index (χ1n) is 6.51. The summed E-state index contributed by atoms with van der Waals surface area (Å²) < 4.78 is 5.68. The molecule has 1 heterocycles. The number of nitrogen functional groups attached to an aromatic ring is 1. The fourth-order valence-corrected chi connectivity index (χ4v) is 2.16. The molecular weight excluding hydrogens is 286 g/mol. The van der Waals surface area contributed by atoms with E-state index in [1.807, 2.05) is 26.0 Å². The Balaban J connectivity index is 2.04. The Bertz CT molecular complexity index is 816. The van der Waals surface area contributed by atoms with Crippen molar-refractivity contribution in [3.63, 3.8) is 0 Å². The van der Waals surface area contributed by atoms with Crippen molar-refractivity contribution < 1.29 is 4.74 Å². The number of nitrogens with zero attached hydrogens (tertiary/aromatic N) is 2. The second kappa shape index (κ2) is 5.22. The molecular formula is C16H14ClN3O. The molecule has 0 saturated heterocycles.